The molecular formula is C13H12FN3O5. The summed E-state index contributed by atoms with van der Waals surface area (Å²) in [7, 11) is 0. The number of carbonyl (C=O) groups excluding carboxylic acids is 2. The van der Waals surface area contributed by atoms with Crippen molar-refractivity contribution in [3.05, 3.63) is 24.0 Å². The van der Waals surface area contributed by atoms with Gasteiger partial charge >= 0.3 is 6.09 Å². The average Bonchev–Trinajstić information content (AvgIpc) is 2.82. The lowest BCUT2D eigenvalue weighted by atomic mass is 9.96. The van der Waals surface area contributed by atoms with Gasteiger partial charge in [-0.1, -0.05) is 0 Å². The van der Waals surface area contributed by atoms with Crippen LogP contribution in [0.5, 0.6) is 5.75 Å². The fourth-order valence-electron chi connectivity index (χ4n) is 2.75. The van der Waals surface area contributed by atoms with Crippen molar-refractivity contribution in [3.8, 4) is 5.75 Å². The van der Waals surface area contributed by atoms with E-state index in [9.17, 15) is 18.8 Å². The first-order valence-corrected chi connectivity index (χ1v) is 6.41. The average molecular weight is 309 g/mol. The van der Waals surface area contributed by atoms with E-state index >= 15 is 0 Å². The summed E-state index contributed by atoms with van der Waals surface area (Å²) < 4.78 is 18.8. The van der Waals surface area contributed by atoms with Crippen molar-refractivity contribution in [2.75, 3.05) is 11.9 Å². The molecule has 116 valence electrons. The number of anilines is 1. The van der Waals surface area contributed by atoms with Crippen LogP contribution in [0.3, 0.4) is 0 Å². The van der Waals surface area contributed by atoms with Gasteiger partial charge in [-0.15, -0.1) is 0 Å². The van der Waals surface area contributed by atoms with Gasteiger partial charge in [-0.05, 0) is 12.1 Å². The number of nitrogens with two attached hydrogens (primary N) is 1. The molecule has 1 saturated heterocycles. The maximum Gasteiger partial charge on any atom is 0.408 e. The Kier molecular flexibility index (Phi) is 2.94. The number of fused-ring (bicyclic) bond motifs is 1. The molecule has 2 atom stereocenters. The number of benzene rings is 1. The van der Waals surface area contributed by atoms with E-state index in [-0.39, 0.29) is 24.4 Å². The zero-order valence-electron chi connectivity index (χ0n) is 11.2. The van der Waals surface area contributed by atoms with E-state index < -0.39 is 35.4 Å². The van der Waals surface area contributed by atoms with Crippen LogP contribution in [0.15, 0.2) is 18.2 Å². The molecule has 0 aliphatic carbocycles. The van der Waals surface area contributed by atoms with Gasteiger partial charge in [0.15, 0.2) is 0 Å². The standard InChI is InChI=1S/C13H12FN3O5/c14-6-1-2-9-7(3-6)16-11(19)13(22-9)4-8(10(15)18)17(5-13)12(20)21/h1-3,8H,4-5H2,(H2,15,18)(H,16,19)(H,20,21)/t8-,13+/m0/s1. The van der Waals surface area contributed by atoms with Gasteiger partial charge in [-0.3, -0.25) is 14.5 Å². The molecular weight excluding hydrogens is 297 g/mol. The summed E-state index contributed by atoms with van der Waals surface area (Å²) in [6.07, 6.45) is -1.57. The molecule has 3 rings (SSSR count). The second-order valence-corrected chi connectivity index (χ2v) is 5.22. The SMILES string of the molecule is NC(=O)[C@@H]1C[C@]2(CN1C(=O)O)Oc1ccc(F)cc1NC2=O. The van der Waals surface area contributed by atoms with Gasteiger partial charge in [-0.2, -0.15) is 0 Å². The summed E-state index contributed by atoms with van der Waals surface area (Å²) in [5, 5.41) is 11.6. The zero-order valence-corrected chi connectivity index (χ0v) is 11.2. The highest BCUT2D eigenvalue weighted by molar-refractivity contribution is 6.02. The highest BCUT2D eigenvalue weighted by atomic mass is 19.1. The van der Waals surface area contributed by atoms with Crippen molar-refractivity contribution in [1.29, 1.82) is 0 Å². The summed E-state index contributed by atoms with van der Waals surface area (Å²) in [6, 6.07) is 2.41. The Morgan fingerprint density at radius 2 is 2.23 bits per heavy atom. The molecule has 0 unspecified atom stereocenters. The Hall–Kier alpha value is -2.84. The number of nitrogens with zero attached hydrogens (tertiary/aromatic N) is 1. The van der Waals surface area contributed by atoms with Gasteiger partial charge in [-0.25, -0.2) is 9.18 Å². The minimum Gasteiger partial charge on any atom is -0.473 e. The monoisotopic (exact) mass is 309 g/mol. The van der Waals surface area contributed by atoms with Crippen molar-refractivity contribution in [2.24, 2.45) is 5.73 Å². The number of likely N-dealkylation sites (tertiary alicyclic amines) is 1. The molecule has 0 saturated carbocycles. The molecule has 22 heavy (non-hydrogen) atoms. The van der Waals surface area contributed by atoms with E-state index in [4.69, 9.17) is 15.6 Å². The van der Waals surface area contributed by atoms with Crippen molar-refractivity contribution in [3.63, 3.8) is 0 Å². The molecule has 1 spiro atoms. The number of primary amides is 1. The van der Waals surface area contributed by atoms with Crippen LogP contribution < -0.4 is 15.8 Å². The molecule has 8 nitrogen and oxygen atoms in total. The van der Waals surface area contributed by atoms with Crippen LogP contribution in [0.25, 0.3) is 0 Å². The summed E-state index contributed by atoms with van der Waals surface area (Å²) >= 11 is 0. The van der Waals surface area contributed by atoms with E-state index in [2.05, 4.69) is 5.32 Å². The fourth-order valence-corrected chi connectivity index (χ4v) is 2.75. The van der Waals surface area contributed by atoms with Crippen molar-refractivity contribution in [1.82, 2.24) is 4.90 Å². The molecule has 1 aromatic carbocycles. The molecule has 2 heterocycles. The molecule has 2 aliphatic rings. The maximum atomic E-state index is 13.2. The number of carboxylic acid groups (broad SMARTS) is 1. The zero-order chi connectivity index (χ0) is 16.1. The first-order valence-electron chi connectivity index (χ1n) is 6.41. The highest BCUT2D eigenvalue weighted by Gasteiger charge is 2.56. The summed E-state index contributed by atoms with van der Waals surface area (Å²) in [5.74, 6) is -1.84. The molecule has 3 amide bonds. The van der Waals surface area contributed by atoms with Crippen molar-refractivity contribution >= 4 is 23.6 Å². The van der Waals surface area contributed by atoms with Crippen LogP contribution in [0, 0.1) is 5.82 Å². The van der Waals surface area contributed by atoms with Crippen LogP contribution in [-0.4, -0.2) is 46.1 Å². The minimum absolute atomic E-state index is 0.153. The number of hydrogen-bond acceptors (Lipinski definition) is 4. The number of halogens is 1. The molecule has 0 aromatic heterocycles. The van der Waals surface area contributed by atoms with Crippen LogP contribution in [0.2, 0.25) is 0 Å². The molecule has 1 aromatic rings. The molecule has 4 N–H and O–H groups in total. The lowest BCUT2D eigenvalue weighted by molar-refractivity contribution is -0.131. The molecule has 1 fully saturated rings. The van der Waals surface area contributed by atoms with E-state index in [1.165, 1.54) is 6.07 Å². The first kappa shape index (κ1) is 14.1. The lowest BCUT2D eigenvalue weighted by Gasteiger charge is -2.33. The number of rotatable bonds is 1. The van der Waals surface area contributed by atoms with Gasteiger partial charge in [0.1, 0.15) is 17.6 Å². The van der Waals surface area contributed by atoms with Crippen LogP contribution in [0.4, 0.5) is 14.9 Å². The van der Waals surface area contributed by atoms with Gasteiger partial charge in [0.05, 0.1) is 12.2 Å². The number of ether oxygens (including phenoxy) is 1. The number of nitrogens with one attached hydrogen (secondary N) is 1. The Morgan fingerprint density at radius 3 is 2.82 bits per heavy atom. The third-order valence-corrected chi connectivity index (χ3v) is 3.81. The Balaban J connectivity index is 1.97. The largest absolute Gasteiger partial charge is 0.473 e. The maximum absolute atomic E-state index is 13.2. The van der Waals surface area contributed by atoms with E-state index in [0.717, 1.165) is 17.0 Å². The van der Waals surface area contributed by atoms with Gasteiger partial charge < -0.3 is 20.9 Å². The van der Waals surface area contributed by atoms with E-state index in [0.29, 0.717) is 0 Å². The quantitative estimate of drug-likeness (QED) is 0.681. The lowest BCUT2D eigenvalue weighted by Crippen LogP contribution is -2.53. The van der Waals surface area contributed by atoms with Crippen LogP contribution in [-0.2, 0) is 9.59 Å². The summed E-state index contributed by atoms with van der Waals surface area (Å²) in [5.41, 5.74) is 3.80. The predicted octanol–water partition coefficient (Wildman–Crippen LogP) is 0.133. The third kappa shape index (κ3) is 2.01. The first-order chi connectivity index (χ1) is 10.3. The summed E-state index contributed by atoms with van der Waals surface area (Å²) in [4.78, 5) is 35.7. The predicted molar refractivity (Wildman–Crippen MR) is 70.7 cm³/mol. The molecule has 0 radical (unpaired) electrons. The number of amides is 3. The highest BCUT2D eigenvalue weighted by Crippen LogP contribution is 2.40. The minimum atomic E-state index is -1.55. The van der Waals surface area contributed by atoms with Crippen molar-refractivity contribution in [2.45, 2.75) is 18.1 Å². The topological polar surface area (TPSA) is 122 Å². The Morgan fingerprint density at radius 1 is 1.50 bits per heavy atom. The normalized spacial score (nSPS) is 26.3. The van der Waals surface area contributed by atoms with E-state index in [1.54, 1.807) is 0 Å². The molecule has 9 heteroatoms. The fraction of sp³-hybridized carbons (Fsp3) is 0.308. The van der Waals surface area contributed by atoms with Gasteiger partial charge in [0.25, 0.3) is 5.91 Å². The summed E-state index contributed by atoms with van der Waals surface area (Å²) in [6.45, 7) is -0.335. The Labute approximate surface area is 123 Å². The number of hydrogen-bond donors (Lipinski definition) is 3. The molecule has 2 aliphatic heterocycles. The number of carbonyl (C=O) groups is 3. The van der Waals surface area contributed by atoms with Gasteiger partial charge in [0.2, 0.25) is 11.5 Å². The molecule has 0 bridgehead atoms. The third-order valence-electron chi connectivity index (χ3n) is 3.81. The Bertz CT molecular complexity index is 670. The van der Waals surface area contributed by atoms with Crippen LogP contribution in [0.1, 0.15) is 6.42 Å². The van der Waals surface area contributed by atoms with Gasteiger partial charge in [0, 0.05) is 12.5 Å². The smallest absolute Gasteiger partial charge is 0.408 e. The van der Waals surface area contributed by atoms with Crippen LogP contribution >= 0.6 is 0 Å². The van der Waals surface area contributed by atoms with E-state index in [1.807, 2.05) is 0 Å². The second kappa shape index (κ2) is 4.58. The van der Waals surface area contributed by atoms with Crippen molar-refractivity contribution < 1.29 is 28.6 Å². The second-order valence-electron chi connectivity index (χ2n) is 5.22.